The van der Waals surface area contributed by atoms with Gasteiger partial charge in [-0.3, -0.25) is 4.79 Å². The monoisotopic (exact) mass is 263 g/mol. The minimum absolute atomic E-state index is 0.0781. The molecule has 0 atom stereocenters. The van der Waals surface area contributed by atoms with Crippen molar-refractivity contribution in [2.45, 2.75) is 18.9 Å². The first-order valence-corrected chi connectivity index (χ1v) is 6.12. The van der Waals surface area contributed by atoms with Crippen molar-refractivity contribution >= 4 is 23.3 Å². The fraction of sp³-hybridized carbons (Fsp3) is 0.385. The molecule has 102 valence electrons. The lowest BCUT2D eigenvalue weighted by atomic mass is 10.1. The van der Waals surface area contributed by atoms with E-state index in [4.69, 9.17) is 5.73 Å². The second-order valence-corrected chi connectivity index (χ2v) is 4.46. The van der Waals surface area contributed by atoms with Crippen LogP contribution in [0.25, 0.3) is 0 Å². The predicted molar refractivity (Wildman–Crippen MR) is 71.8 cm³/mol. The fourth-order valence-electron chi connectivity index (χ4n) is 1.72. The maximum atomic E-state index is 11.6. The number of rotatable bonds is 5. The summed E-state index contributed by atoms with van der Waals surface area (Å²) < 4.78 is 4.68. The van der Waals surface area contributed by atoms with Gasteiger partial charge in [0.25, 0.3) is 0 Å². The number of carbonyl (C=O) groups is 2. The summed E-state index contributed by atoms with van der Waals surface area (Å²) in [5.41, 5.74) is 6.97. The summed E-state index contributed by atoms with van der Waals surface area (Å²) in [5.74, 6) is -0.598. The molecule has 0 unspecified atom stereocenters. The molecule has 0 bridgehead atoms. The van der Waals surface area contributed by atoms with E-state index in [9.17, 15) is 9.59 Å². The van der Waals surface area contributed by atoms with Crippen LogP contribution in [0.2, 0.25) is 0 Å². The van der Waals surface area contributed by atoms with Crippen molar-refractivity contribution in [3.63, 3.8) is 0 Å². The van der Waals surface area contributed by atoms with Crippen LogP contribution in [0.5, 0.6) is 0 Å². The first kappa shape index (κ1) is 13.2. The number of nitrogens with one attached hydrogen (secondary N) is 2. The Morgan fingerprint density at radius 3 is 2.79 bits per heavy atom. The van der Waals surface area contributed by atoms with Gasteiger partial charge in [0.05, 0.1) is 30.6 Å². The Bertz CT molecular complexity index is 498. The molecule has 0 radical (unpaired) electrons. The zero-order valence-electron chi connectivity index (χ0n) is 10.7. The van der Waals surface area contributed by atoms with E-state index in [1.807, 2.05) is 0 Å². The number of amides is 1. The number of nitrogen functional groups attached to an aromatic ring is 1. The highest BCUT2D eigenvalue weighted by Gasteiger charge is 2.23. The van der Waals surface area contributed by atoms with Gasteiger partial charge >= 0.3 is 5.97 Å². The van der Waals surface area contributed by atoms with Gasteiger partial charge in [0.15, 0.2) is 0 Å². The number of nitrogens with two attached hydrogens (primary N) is 1. The predicted octanol–water partition coefficient (Wildman–Crippen LogP) is 0.746. The Kier molecular flexibility index (Phi) is 3.89. The average molecular weight is 263 g/mol. The van der Waals surface area contributed by atoms with Crippen molar-refractivity contribution in [2.24, 2.45) is 0 Å². The van der Waals surface area contributed by atoms with Crippen molar-refractivity contribution in [1.82, 2.24) is 5.32 Å². The molecule has 1 fully saturated rings. The normalized spacial score (nSPS) is 13.7. The maximum Gasteiger partial charge on any atom is 0.340 e. The van der Waals surface area contributed by atoms with E-state index in [0.29, 0.717) is 23.0 Å². The molecule has 0 saturated heterocycles. The number of carbonyl (C=O) groups excluding carboxylic acids is 2. The minimum atomic E-state index is -0.489. The molecular formula is C13H17N3O3. The molecule has 4 N–H and O–H groups in total. The van der Waals surface area contributed by atoms with Crippen LogP contribution in [-0.4, -0.2) is 31.6 Å². The molecule has 0 aliphatic heterocycles. The number of anilines is 2. The molecule has 1 saturated carbocycles. The Morgan fingerprint density at radius 1 is 1.42 bits per heavy atom. The van der Waals surface area contributed by atoms with E-state index in [1.54, 1.807) is 18.2 Å². The number of hydrogen-bond donors (Lipinski definition) is 3. The Morgan fingerprint density at radius 2 is 2.16 bits per heavy atom. The van der Waals surface area contributed by atoms with Crippen LogP contribution in [0.1, 0.15) is 23.2 Å². The number of hydrogen-bond acceptors (Lipinski definition) is 5. The smallest absolute Gasteiger partial charge is 0.340 e. The summed E-state index contributed by atoms with van der Waals surface area (Å²) >= 11 is 0. The molecule has 2 rings (SSSR count). The molecule has 1 amide bonds. The van der Waals surface area contributed by atoms with Crippen molar-refractivity contribution in [2.75, 3.05) is 24.7 Å². The molecule has 1 aliphatic carbocycles. The highest BCUT2D eigenvalue weighted by molar-refractivity contribution is 5.99. The van der Waals surface area contributed by atoms with Crippen LogP contribution in [0.3, 0.4) is 0 Å². The van der Waals surface area contributed by atoms with Crippen LogP contribution in [0.15, 0.2) is 18.2 Å². The van der Waals surface area contributed by atoms with Gasteiger partial charge in [-0.2, -0.15) is 0 Å². The van der Waals surface area contributed by atoms with Crippen molar-refractivity contribution in [1.29, 1.82) is 0 Å². The fourth-order valence-corrected chi connectivity index (χ4v) is 1.72. The van der Waals surface area contributed by atoms with E-state index in [1.165, 1.54) is 7.11 Å². The number of methoxy groups -OCH3 is 1. The van der Waals surface area contributed by atoms with E-state index in [0.717, 1.165) is 12.8 Å². The molecule has 1 aromatic carbocycles. The summed E-state index contributed by atoms with van der Waals surface area (Å²) in [4.78, 5) is 23.2. The Labute approximate surface area is 111 Å². The zero-order chi connectivity index (χ0) is 13.8. The maximum absolute atomic E-state index is 11.6. The molecule has 6 nitrogen and oxygen atoms in total. The topological polar surface area (TPSA) is 93.4 Å². The van der Waals surface area contributed by atoms with Crippen LogP contribution >= 0.6 is 0 Å². The molecule has 0 aromatic heterocycles. The highest BCUT2D eigenvalue weighted by Crippen LogP contribution is 2.24. The lowest BCUT2D eigenvalue weighted by Crippen LogP contribution is -2.31. The summed E-state index contributed by atoms with van der Waals surface area (Å²) in [6, 6.07) is 5.23. The molecule has 0 heterocycles. The SMILES string of the molecule is COC(=O)c1cccc(N)c1NCC(=O)NC1CC1. The summed E-state index contributed by atoms with van der Waals surface area (Å²) in [6.45, 7) is 0.0781. The summed E-state index contributed by atoms with van der Waals surface area (Å²) in [5, 5.41) is 5.74. The quantitative estimate of drug-likeness (QED) is 0.538. The zero-order valence-corrected chi connectivity index (χ0v) is 10.7. The minimum Gasteiger partial charge on any atom is -0.465 e. The van der Waals surface area contributed by atoms with E-state index in [-0.39, 0.29) is 12.5 Å². The number of para-hydroxylation sites is 1. The van der Waals surface area contributed by atoms with Crippen LogP contribution in [-0.2, 0) is 9.53 Å². The highest BCUT2D eigenvalue weighted by atomic mass is 16.5. The molecule has 19 heavy (non-hydrogen) atoms. The Hall–Kier alpha value is -2.24. The lowest BCUT2D eigenvalue weighted by molar-refractivity contribution is -0.119. The largest absolute Gasteiger partial charge is 0.465 e. The molecule has 0 spiro atoms. The molecule has 6 heteroatoms. The standard InChI is InChI=1S/C13H17N3O3/c1-19-13(18)9-3-2-4-10(14)12(9)15-7-11(17)16-8-5-6-8/h2-4,8,15H,5-7,14H2,1H3,(H,16,17). The van der Waals surface area contributed by atoms with Gasteiger partial charge in [0, 0.05) is 6.04 Å². The van der Waals surface area contributed by atoms with Crippen molar-refractivity contribution in [3.05, 3.63) is 23.8 Å². The third-order valence-electron chi connectivity index (χ3n) is 2.87. The van der Waals surface area contributed by atoms with Gasteiger partial charge in [-0.25, -0.2) is 4.79 Å². The lowest BCUT2D eigenvalue weighted by Gasteiger charge is -2.13. The van der Waals surface area contributed by atoms with Crippen LogP contribution in [0.4, 0.5) is 11.4 Å². The van der Waals surface area contributed by atoms with Crippen LogP contribution in [0, 0.1) is 0 Å². The first-order chi connectivity index (χ1) is 9.11. The number of ether oxygens (including phenoxy) is 1. The first-order valence-electron chi connectivity index (χ1n) is 6.12. The van der Waals surface area contributed by atoms with Gasteiger partial charge in [-0.15, -0.1) is 0 Å². The average Bonchev–Trinajstić information content (AvgIpc) is 3.20. The number of benzene rings is 1. The molecular weight excluding hydrogens is 246 g/mol. The van der Waals surface area contributed by atoms with Crippen molar-refractivity contribution in [3.8, 4) is 0 Å². The molecule has 1 aromatic rings. The van der Waals surface area contributed by atoms with Crippen LogP contribution < -0.4 is 16.4 Å². The summed E-state index contributed by atoms with van der Waals surface area (Å²) in [7, 11) is 1.30. The van der Waals surface area contributed by atoms with E-state index in [2.05, 4.69) is 15.4 Å². The summed E-state index contributed by atoms with van der Waals surface area (Å²) in [6.07, 6.45) is 2.07. The third kappa shape index (κ3) is 3.37. The van der Waals surface area contributed by atoms with Gasteiger partial charge in [-0.05, 0) is 25.0 Å². The molecule has 1 aliphatic rings. The third-order valence-corrected chi connectivity index (χ3v) is 2.87. The van der Waals surface area contributed by atoms with Gasteiger partial charge in [0.1, 0.15) is 0 Å². The van der Waals surface area contributed by atoms with Crippen molar-refractivity contribution < 1.29 is 14.3 Å². The number of esters is 1. The van der Waals surface area contributed by atoms with Gasteiger partial charge < -0.3 is 21.1 Å². The second-order valence-electron chi connectivity index (χ2n) is 4.46. The second kappa shape index (κ2) is 5.60. The Balaban J connectivity index is 2.05. The van der Waals surface area contributed by atoms with E-state index < -0.39 is 5.97 Å². The van der Waals surface area contributed by atoms with Gasteiger partial charge in [0.2, 0.25) is 5.91 Å². The van der Waals surface area contributed by atoms with E-state index >= 15 is 0 Å². The van der Waals surface area contributed by atoms with Gasteiger partial charge in [-0.1, -0.05) is 6.07 Å².